The summed E-state index contributed by atoms with van der Waals surface area (Å²) in [6.45, 7) is 3.65. The Morgan fingerprint density at radius 1 is 1.04 bits per heavy atom. The lowest BCUT2D eigenvalue weighted by molar-refractivity contribution is 0.364. The minimum Gasteiger partial charge on any atom is -0.357 e. The molecule has 0 spiro atoms. The van der Waals surface area contributed by atoms with Crippen LogP contribution in [-0.2, 0) is 0 Å². The van der Waals surface area contributed by atoms with E-state index >= 15 is 0 Å². The third kappa shape index (κ3) is 3.08. The molecule has 4 aromatic rings. The second-order valence-electron chi connectivity index (χ2n) is 5.84. The molecule has 0 saturated heterocycles. The predicted octanol–water partition coefficient (Wildman–Crippen LogP) is 3.70. The van der Waals surface area contributed by atoms with E-state index in [1.54, 1.807) is 19.1 Å². The fourth-order valence-electron chi connectivity index (χ4n) is 2.58. The Morgan fingerprint density at radius 2 is 1.85 bits per heavy atom. The highest BCUT2D eigenvalue weighted by Crippen LogP contribution is 2.25. The van der Waals surface area contributed by atoms with Gasteiger partial charge in [0.05, 0.1) is 11.2 Å². The van der Waals surface area contributed by atoms with Crippen LogP contribution in [0.4, 0.5) is 10.2 Å². The lowest BCUT2D eigenvalue weighted by atomic mass is 10.1. The van der Waals surface area contributed by atoms with Crippen LogP contribution >= 0.6 is 0 Å². The third-order valence-electron chi connectivity index (χ3n) is 3.89. The van der Waals surface area contributed by atoms with Crippen LogP contribution in [0.15, 0.2) is 47.2 Å². The summed E-state index contributed by atoms with van der Waals surface area (Å²) in [5, 5.41) is 7.03. The molecule has 1 unspecified atom stereocenters. The molecule has 1 N–H and O–H groups in total. The number of pyridine rings is 1. The summed E-state index contributed by atoms with van der Waals surface area (Å²) in [6.07, 6.45) is 1.47. The molecule has 3 heterocycles. The van der Waals surface area contributed by atoms with E-state index in [-0.39, 0.29) is 11.9 Å². The van der Waals surface area contributed by atoms with Gasteiger partial charge in [-0.1, -0.05) is 5.16 Å². The van der Waals surface area contributed by atoms with E-state index in [1.165, 1.54) is 18.5 Å². The summed E-state index contributed by atoms with van der Waals surface area (Å²) in [5.41, 5.74) is 2.82. The zero-order valence-electron chi connectivity index (χ0n) is 14.1. The summed E-state index contributed by atoms with van der Waals surface area (Å²) in [6, 6.07) is 9.63. The standard InChI is InChI=1S/C18H15FN6O/c1-10(18-23-11(2)25-26-18)22-17-16-15(20-9-21-17)8-7-14(24-16)12-3-5-13(19)6-4-12/h3-10H,1-2H3,(H,20,21,22). The van der Waals surface area contributed by atoms with Crippen molar-refractivity contribution in [1.82, 2.24) is 25.1 Å². The van der Waals surface area contributed by atoms with Crippen LogP contribution in [0.25, 0.3) is 22.3 Å². The molecule has 0 bridgehead atoms. The molecule has 0 amide bonds. The van der Waals surface area contributed by atoms with Crippen molar-refractivity contribution in [2.75, 3.05) is 5.32 Å². The first-order chi connectivity index (χ1) is 12.6. The lowest BCUT2D eigenvalue weighted by Crippen LogP contribution is -2.09. The average molecular weight is 350 g/mol. The van der Waals surface area contributed by atoms with Crippen LogP contribution in [0, 0.1) is 12.7 Å². The highest BCUT2D eigenvalue weighted by molar-refractivity contribution is 5.87. The van der Waals surface area contributed by atoms with Gasteiger partial charge in [-0.3, -0.25) is 0 Å². The molecule has 0 aliphatic carbocycles. The van der Waals surface area contributed by atoms with Crippen molar-refractivity contribution in [2.24, 2.45) is 0 Å². The Bertz CT molecular complexity index is 1060. The molecule has 0 aliphatic rings. The zero-order chi connectivity index (χ0) is 18.1. The van der Waals surface area contributed by atoms with Crippen molar-refractivity contribution in [2.45, 2.75) is 19.9 Å². The Balaban J connectivity index is 1.72. The molecule has 0 radical (unpaired) electrons. The summed E-state index contributed by atoms with van der Waals surface area (Å²) in [5.74, 6) is 1.30. The van der Waals surface area contributed by atoms with Gasteiger partial charge in [0, 0.05) is 5.56 Å². The topological polar surface area (TPSA) is 89.6 Å². The van der Waals surface area contributed by atoms with Crippen LogP contribution in [0.2, 0.25) is 0 Å². The van der Waals surface area contributed by atoms with Gasteiger partial charge in [0.2, 0.25) is 5.89 Å². The molecule has 1 atom stereocenters. The average Bonchev–Trinajstić information content (AvgIpc) is 3.09. The Hall–Kier alpha value is -3.42. The summed E-state index contributed by atoms with van der Waals surface area (Å²) < 4.78 is 18.3. The minimum absolute atomic E-state index is 0.245. The number of hydrogen-bond acceptors (Lipinski definition) is 7. The van der Waals surface area contributed by atoms with Crippen LogP contribution in [0.5, 0.6) is 0 Å². The van der Waals surface area contributed by atoms with Gasteiger partial charge in [-0.15, -0.1) is 0 Å². The van der Waals surface area contributed by atoms with E-state index in [0.29, 0.717) is 34.3 Å². The maximum Gasteiger partial charge on any atom is 0.248 e. The highest BCUT2D eigenvalue weighted by Gasteiger charge is 2.16. The largest absolute Gasteiger partial charge is 0.357 e. The molecule has 130 valence electrons. The van der Waals surface area contributed by atoms with E-state index in [1.807, 2.05) is 19.1 Å². The number of hydrogen-bond donors (Lipinski definition) is 1. The monoisotopic (exact) mass is 350 g/mol. The molecule has 8 heteroatoms. The third-order valence-corrected chi connectivity index (χ3v) is 3.89. The number of rotatable bonds is 4. The molecular formula is C18H15FN6O. The molecule has 26 heavy (non-hydrogen) atoms. The SMILES string of the molecule is Cc1noc(C(C)Nc2ncnc3ccc(-c4ccc(F)cc4)nc23)n1. The number of nitrogens with zero attached hydrogens (tertiary/aromatic N) is 5. The number of benzene rings is 1. The van der Waals surface area contributed by atoms with Gasteiger partial charge in [-0.2, -0.15) is 4.98 Å². The van der Waals surface area contributed by atoms with Crippen molar-refractivity contribution in [3.63, 3.8) is 0 Å². The van der Waals surface area contributed by atoms with Crippen LogP contribution < -0.4 is 5.32 Å². The van der Waals surface area contributed by atoms with Crippen molar-refractivity contribution in [3.05, 3.63) is 60.3 Å². The van der Waals surface area contributed by atoms with E-state index < -0.39 is 0 Å². The van der Waals surface area contributed by atoms with E-state index in [0.717, 1.165) is 5.56 Å². The maximum atomic E-state index is 13.2. The van der Waals surface area contributed by atoms with Crippen LogP contribution in [-0.4, -0.2) is 25.1 Å². The molecule has 4 rings (SSSR count). The Kier molecular flexibility index (Phi) is 4.00. The molecule has 0 fully saturated rings. The first-order valence-corrected chi connectivity index (χ1v) is 8.04. The Morgan fingerprint density at radius 3 is 2.58 bits per heavy atom. The smallest absolute Gasteiger partial charge is 0.248 e. The lowest BCUT2D eigenvalue weighted by Gasteiger charge is -2.12. The second-order valence-corrected chi connectivity index (χ2v) is 5.84. The van der Waals surface area contributed by atoms with Crippen LogP contribution in [0.3, 0.4) is 0 Å². The highest BCUT2D eigenvalue weighted by atomic mass is 19.1. The van der Waals surface area contributed by atoms with Gasteiger partial charge in [-0.05, 0) is 50.2 Å². The number of fused-ring (bicyclic) bond motifs is 1. The van der Waals surface area contributed by atoms with Crippen molar-refractivity contribution >= 4 is 16.9 Å². The molecule has 3 aromatic heterocycles. The fraction of sp³-hybridized carbons (Fsp3) is 0.167. The van der Waals surface area contributed by atoms with Crippen molar-refractivity contribution in [1.29, 1.82) is 0 Å². The van der Waals surface area contributed by atoms with Crippen LogP contribution in [0.1, 0.15) is 24.7 Å². The van der Waals surface area contributed by atoms with E-state index in [4.69, 9.17) is 4.52 Å². The molecule has 1 aromatic carbocycles. The quantitative estimate of drug-likeness (QED) is 0.600. The molecular weight excluding hydrogens is 335 g/mol. The summed E-state index contributed by atoms with van der Waals surface area (Å²) in [4.78, 5) is 17.4. The number of anilines is 1. The van der Waals surface area contributed by atoms with Gasteiger partial charge in [0.15, 0.2) is 11.6 Å². The fourth-order valence-corrected chi connectivity index (χ4v) is 2.58. The Labute approximate surface area is 148 Å². The molecule has 0 aliphatic heterocycles. The number of nitrogens with one attached hydrogen (secondary N) is 1. The maximum absolute atomic E-state index is 13.2. The van der Waals surface area contributed by atoms with E-state index in [2.05, 4.69) is 30.4 Å². The summed E-state index contributed by atoms with van der Waals surface area (Å²) in [7, 11) is 0. The van der Waals surface area contributed by atoms with Crippen molar-refractivity contribution in [3.8, 4) is 11.3 Å². The number of aromatic nitrogens is 5. The van der Waals surface area contributed by atoms with Gasteiger partial charge in [-0.25, -0.2) is 19.3 Å². The predicted molar refractivity (Wildman–Crippen MR) is 93.8 cm³/mol. The normalized spacial score (nSPS) is 12.3. The van der Waals surface area contributed by atoms with E-state index in [9.17, 15) is 4.39 Å². The first kappa shape index (κ1) is 16.1. The molecule has 0 saturated carbocycles. The van der Waals surface area contributed by atoms with Gasteiger partial charge >= 0.3 is 0 Å². The van der Waals surface area contributed by atoms with Gasteiger partial charge in [0.1, 0.15) is 23.7 Å². The number of halogens is 1. The molecule has 7 nitrogen and oxygen atoms in total. The first-order valence-electron chi connectivity index (χ1n) is 8.04. The minimum atomic E-state index is -0.288. The van der Waals surface area contributed by atoms with Gasteiger partial charge < -0.3 is 9.84 Å². The second kappa shape index (κ2) is 6.47. The van der Waals surface area contributed by atoms with Gasteiger partial charge in [0.25, 0.3) is 0 Å². The zero-order valence-corrected chi connectivity index (χ0v) is 14.1. The van der Waals surface area contributed by atoms with Crippen molar-refractivity contribution < 1.29 is 8.91 Å². The summed E-state index contributed by atoms with van der Waals surface area (Å²) >= 11 is 0. The number of aryl methyl sites for hydroxylation is 1.